The highest BCUT2D eigenvalue weighted by atomic mass is 16.5. The first-order valence-corrected chi connectivity index (χ1v) is 6.63. The second kappa shape index (κ2) is 6.35. The van der Waals surface area contributed by atoms with Gasteiger partial charge in [0.15, 0.2) is 0 Å². The summed E-state index contributed by atoms with van der Waals surface area (Å²) in [5.74, 6) is 0. The maximum Gasteiger partial charge on any atom is 0.0832 e. The molecule has 0 heterocycles. The van der Waals surface area contributed by atoms with Crippen LogP contribution in [0.1, 0.15) is 40.0 Å². The summed E-state index contributed by atoms with van der Waals surface area (Å²) in [4.78, 5) is 0. The van der Waals surface area contributed by atoms with Gasteiger partial charge in [-0.1, -0.05) is 45.6 Å². The Kier molecular flexibility index (Phi) is 5.36. The van der Waals surface area contributed by atoms with Gasteiger partial charge in [0.05, 0.1) is 12.2 Å². The molecule has 0 spiro atoms. The molecule has 2 heteroatoms. The fourth-order valence-corrected chi connectivity index (χ4v) is 2.45. The van der Waals surface area contributed by atoms with Crippen LogP contribution in [-0.4, -0.2) is 24.4 Å². The molecule has 1 aliphatic carbocycles. The Morgan fingerprint density at radius 3 is 2.67 bits per heavy atom. The lowest BCUT2D eigenvalue weighted by molar-refractivity contribution is 0.0416. The van der Waals surface area contributed by atoms with E-state index in [2.05, 4.69) is 33.4 Å². The normalized spacial score (nSPS) is 28.6. The third-order valence-corrected chi connectivity index (χ3v) is 3.35. The van der Waals surface area contributed by atoms with E-state index in [1.807, 2.05) is 12.2 Å². The van der Waals surface area contributed by atoms with Crippen LogP contribution < -0.4 is 0 Å². The summed E-state index contributed by atoms with van der Waals surface area (Å²) in [5.41, 5.74) is 2.17. The third-order valence-electron chi connectivity index (χ3n) is 3.35. The van der Waals surface area contributed by atoms with Gasteiger partial charge in [-0.2, -0.15) is 0 Å². The van der Waals surface area contributed by atoms with Crippen LogP contribution in [0, 0.1) is 5.41 Å². The zero-order chi connectivity index (χ0) is 13.8. The number of methoxy groups -OCH3 is 1. The van der Waals surface area contributed by atoms with E-state index in [9.17, 15) is 5.11 Å². The van der Waals surface area contributed by atoms with E-state index in [1.165, 1.54) is 5.57 Å². The topological polar surface area (TPSA) is 29.5 Å². The average molecular weight is 250 g/mol. The van der Waals surface area contributed by atoms with Crippen molar-refractivity contribution < 1.29 is 9.84 Å². The lowest BCUT2D eigenvalue weighted by Crippen LogP contribution is -2.30. The van der Waals surface area contributed by atoms with Crippen LogP contribution in [0.25, 0.3) is 0 Å². The van der Waals surface area contributed by atoms with E-state index < -0.39 is 6.10 Å². The van der Waals surface area contributed by atoms with Crippen LogP contribution in [-0.2, 0) is 4.74 Å². The standard InChI is InChI=1S/C16H26O2/c1-12-8-6-9-13(10-7-11-14(12)17)15(18-5)16(2,3)4/h6,8-9,14-15,17H,1,7,10-11H2,2-5H3/b8-6-,13-9+/t14-,15?/m0/s1. The predicted molar refractivity (Wildman–Crippen MR) is 76.5 cm³/mol. The van der Waals surface area contributed by atoms with Gasteiger partial charge < -0.3 is 9.84 Å². The first-order valence-electron chi connectivity index (χ1n) is 6.63. The van der Waals surface area contributed by atoms with Crippen molar-refractivity contribution in [3.63, 3.8) is 0 Å². The summed E-state index contributed by atoms with van der Waals surface area (Å²) in [6, 6.07) is 0. The van der Waals surface area contributed by atoms with Crippen LogP contribution in [0.4, 0.5) is 0 Å². The Bertz CT molecular complexity index is 345. The monoisotopic (exact) mass is 250 g/mol. The van der Waals surface area contributed by atoms with E-state index in [-0.39, 0.29) is 11.5 Å². The molecule has 1 rings (SSSR count). The van der Waals surface area contributed by atoms with Crippen LogP contribution in [0.2, 0.25) is 0 Å². The lowest BCUT2D eigenvalue weighted by Gasteiger charge is -2.31. The van der Waals surface area contributed by atoms with Crippen molar-refractivity contribution >= 4 is 0 Å². The van der Waals surface area contributed by atoms with Gasteiger partial charge in [0, 0.05) is 7.11 Å². The minimum Gasteiger partial charge on any atom is -0.388 e. The fraction of sp³-hybridized carbons (Fsp3) is 0.625. The van der Waals surface area contributed by atoms with E-state index in [4.69, 9.17) is 4.74 Å². The zero-order valence-electron chi connectivity index (χ0n) is 12.1. The molecule has 0 aliphatic heterocycles. The Labute approximate surface area is 111 Å². The fourth-order valence-electron chi connectivity index (χ4n) is 2.45. The molecule has 0 fully saturated rings. The highest BCUT2D eigenvalue weighted by Crippen LogP contribution is 2.31. The number of aliphatic hydroxyl groups excluding tert-OH is 1. The Morgan fingerprint density at radius 2 is 2.11 bits per heavy atom. The van der Waals surface area contributed by atoms with Crippen molar-refractivity contribution in [2.24, 2.45) is 5.41 Å². The van der Waals surface area contributed by atoms with Gasteiger partial charge in [0.1, 0.15) is 0 Å². The van der Waals surface area contributed by atoms with Gasteiger partial charge >= 0.3 is 0 Å². The van der Waals surface area contributed by atoms with Gasteiger partial charge in [-0.25, -0.2) is 0 Å². The van der Waals surface area contributed by atoms with Crippen LogP contribution >= 0.6 is 0 Å². The summed E-state index contributed by atoms with van der Waals surface area (Å²) < 4.78 is 5.66. The van der Waals surface area contributed by atoms with Crippen molar-refractivity contribution in [2.45, 2.75) is 52.2 Å². The minimum atomic E-state index is -0.412. The molecule has 0 saturated heterocycles. The molecule has 0 bridgehead atoms. The van der Waals surface area contributed by atoms with Gasteiger partial charge in [0.25, 0.3) is 0 Å². The average Bonchev–Trinajstić information content (AvgIpc) is 2.32. The number of allylic oxidation sites excluding steroid dienone is 2. The molecule has 2 nitrogen and oxygen atoms in total. The highest BCUT2D eigenvalue weighted by Gasteiger charge is 2.27. The minimum absolute atomic E-state index is 0.0815. The highest BCUT2D eigenvalue weighted by molar-refractivity contribution is 5.27. The molecule has 1 unspecified atom stereocenters. The number of aliphatic hydroxyl groups is 1. The van der Waals surface area contributed by atoms with E-state index in [0.717, 1.165) is 24.8 Å². The zero-order valence-corrected chi connectivity index (χ0v) is 12.1. The Balaban J connectivity index is 2.91. The van der Waals surface area contributed by atoms with Gasteiger partial charge in [0.2, 0.25) is 0 Å². The molecule has 0 saturated carbocycles. The smallest absolute Gasteiger partial charge is 0.0832 e. The van der Waals surface area contributed by atoms with Crippen LogP contribution in [0.15, 0.2) is 36.0 Å². The molecule has 0 aromatic rings. The number of ether oxygens (including phenoxy) is 1. The molecule has 1 aliphatic rings. The molecule has 0 radical (unpaired) electrons. The number of hydrogen-bond donors (Lipinski definition) is 1. The summed E-state index contributed by atoms with van der Waals surface area (Å²) >= 11 is 0. The molecular weight excluding hydrogens is 224 g/mol. The number of rotatable bonds is 2. The molecule has 102 valence electrons. The van der Waals surface area contributed by atoms with Gasteiger partial charge in [-0.3, -0.25) is 0 Å². The first kappa shape index (κ1) is 15.2. The summed E-state index contributed by atoms with van der Waals surface area (Å²) in [6.07, 6.45) is 8.38. The Hall–Kier alpha value is -0.860. The van der Waals surface area contributed by atoms with Crippen molar-refractivity contribution in [3.05, 3.63) is 36.0 Å². The predicted octanol–water partition coefficient (Wildman–Crippen LogP) is 3.63. The lowest BCUT2D eigenvalue weighted by atomic mass is 9.82. The van der Waals surface area contributed by atoms with Crippen LogP contribution in [0.5, 0.6) is 0 Å². The maximum atomic E-state index is 9.84. The quantitative estimate of drug-likeness (QED) is 0.811. The van der Waals surface area contributed by atoms with Crippen LogP contribution in [0.3, 0.4) is 0 Å². The molecule has 18 heavy (non-hydrogen) atoms. The van der Waals surface area contributed by atoms with E-state index in [1.54, 1.807) is 7.11 Å². The van der Waals surface area contributed by atoms with Crippen molar-refractivity contribution in [2.75, 3.05) is 7.11 Å². The first-order chi connectivity index (χ1) is 8.36. The second-order valence-corrected chi connectivity index (χ2v) is 6.07. The summed E-state index contributed by atoms with van der Waals surface area (Å²) in [7, 11) is 1.76. The second-order valence-electron chi connectivity index (χ2n) is 6.07. The summed E-state index contributed by atoms with van der Waals surface area (Å²) in [6.45, 7) is 10.4. The van der Waals surface area contributed by atoms with E-state index in [0.29, 0.717) is 0 Å². The number of hydrogen-bond acceptors (Lipinski definition) is 2. The maximum absolute atomic E-state index is 9.84. The van der Waals surface area contributed by atoms with Crippen molar-refractivity contribution in [1.82, 2.24) is 0 Å². The SMILES string of the molecule is C=C1/C=C\C=C(\C(OC)C(C)(C)C)CCC[C@@H]1O. The molecule has 0 amide bonds. The summed E-state index contributed by atoms with van der Waals surface area (Å²) in [5, 5.41) is 9.84. The molecule has 0 aromatic carbocycles. The molecule has 1 N–H and O–H groups in total. The third kappa shape index (κ3) is 4.11. The molecular formula is C16H26O2. The van der Waals surface area contributed by atoms with Gasteiger partial charge in [-0.05, 0) is 35.8 Å². The molecule has 0 aromatic heterocycles. The van der Waals surface area contributed by atoms with Crippen molar-refractivity contribution in [3.8, 4) is 0 Å². The van der Waals surface area contributed by atoms with E-state index >= 15 is 0 Å². The van der Waals surface area contributed by atoms with Crippen molar-refractivity contribution in [1.29, 1.82) is 0 Å². The van der Waals surface area contributed by atoms with Gasteiger partial charge in [-0.15, -0.1) is 0 Å². The Morgan fingerprint density at radius 1 is 1.44 bits per heavy atom. The largest absolute Gasteiger partial charge is 0.388 e. The molecule has 2 atom stereocenters.